The molecule has 4 nitrogen and oxygen atoms in total. The number of phenolic OH excluding ortho intramolecular Hbond substituents is 1. The van der Waals surface area contributed by atoms with Crippen LogP contribution in [-0.2, 0) is 5.60 Å². The first-order chi connectivity index (χ1) is 10.3. The highest BCUT2D eigenvalue weighted by Crippen LogP contribution is 2.40. The van der Waals surface area contributed by atoms with Gasteiger partial charge in [-0.05, 0) is 43.7 Å². The SMILES string of the molecule is CC(C)(O)c1cn2ccc(-c3c(O)ccc(Cl)c3Cl)cc2n1. The zero-order valence-electron chi connectivity index (χ0n) is 12.0. The van der Waals surface area contributed by atoms with Gasteiger partial charge in [0.25, 0.3) is 0 Å². The molecule has 2 aromatic heterocycles. The molecule has 0 aliphatic carbocycles. The van der Waals surface area contributed by atoms with Crippen LogP contribution in [0.2, 0.25) is 10.0 Å². The molecule has 0 amide bonds. The van der Waals surface area contributed by atoms with E-state index in [4.69, 9.17) is 23.2 Å². The first-order valence-electron chi connectivity index (χ1n) is 6.66. The summed E-state index contributed by atoms with van der Waals surface area (Å²) in [4.78, 5) is 4.41. The molecule has 0 atom stereocenters. The lowest BCUT2D eigenvalue weighted by molar-refractivity contribution is 0.0744. The van der Waals surface area contributed by atoms with E-state index in [1.54, 1.807) is 48.8 Å². The number of halogens is 2. The molecule has 6 heteroatoms. The largest absolute Gasteiger partial charge is 0.507 e. The molecular weight excluding hydrogens is 323 g/mol. The summed E-state index contributed by atoms with van der Waals surface area (Å²) in [5.41, 5.74) is 1.34. The second-order valence-electron chi connectivity index (χ2n) is 5.62. The topological polar surface area (TPSA) is 57.8 Å². The monoisotopic (exact) mass is 336 g/mol. The van der Waals surface area contributed by atoms with Crippen LogP contribution in [0.4, 0.5) is 0 Å². The fraction of sp³-hybridized carbons (Fsp3) is 0.188. The fourth-order valence-corrected chi connectivity index (χ4v) is 2.67. The van der Waals surface area contributed by atoms with Crippen molar-refractivity contribution < 1.29 is 10.2 Å². The highest BCUT2D eigenvalue weighted by atomic mass is 35.5. The zero-order valence-corrected chi connectivity index (χ0v) is 13.5. The molecule has 0 saturated heterocycles. The molecule has 0 saturated carbocycles. The molecule has 3 aromatic rings. The summed E-state index contributed by atoms with van der Waals surface area (Å²) < 4.78 is 1.80. The Morgan fingerprint density at radius 1 is 1.18 bits per heavy atom. The van der Waals surface area contributed by atoms with Crippen LogP contribution >= 0.6 is 23.2 Å². The van der Waals surface area contributed by atoms with Gasteiger partial charge in [0, 0.05) is 18.0 Å². The third-order valence-corrected chi connectivity index (χ3v) is 4.25. The fourth-order valence-electron chi connectivity index (χ4n) is 2.25. The minimum Gasteiger partial charge on any atom is -0.507 e. The van der Waals surface area contributed by atoms with Gasteiger partial charge in [-0.25, -0.2) is 4.98 Å². The van der Waals surface area contributed by atoms with E-state index in [1.165, 1.54) is 6.07 Å². The summed E-state index contributed by atoms with van der Waals surface area (Å²) >= 11 is 12.2. The van der Waals surface area contributed by atoms with Gasteiger partial charge in [0.05, 0.1) is 15.7 Å². The van der Waals surface area contributed by atoms with Crippen LogP contribution in [-0.4, -0.2) is 19.6 Å². The number of hydrogen-bond donors (Lipinski definition) is 2. The van der Waals surface area contributed by atoms with Crippen LogP contribution in [0.1, 0.15) is 19.5 Å². The molecule has 114 valence electrons. The Balaban J connectivity index is 2.20. The Morgan fingerprint density at radius 2 is 1.91 bits per heavy atom. The average Bonchev–Trinajstić information content (AvgIpc) is 2.87. The van der Waals surface area contributed by atoms with Crippen LogP contribution in [0.3, 0.4) is 0 Å². The molecule has 3 rings (SSSR count). The molecule has 2 N–H and O–H groups in total. The van der Waals surface area contributed by atoms with E-state index in [0.717, 1.165) is 0 Å². The second-order valence-corrected chi connectivity index (χ2v) is 6.41. The van der Waals surface area contributed by atoms with Crippen molar-refractivity contribution in [2.45, 2.75) is 19.4 Å². The quantitative estimate of drug-likeness (QED) is 0.735. The second kappa shape index (κ2) is 5.16. The highest BCUT2D eigenvalue weighted by molar-refractivity contribution is 6.44. The van der Waals surface area contributed by atoms with Gasteiger partial charge in [0.2, 0.25) is 0 Å². The lowest BCUT2D eigenvalue weighted by Gasteiger charge is -2.12. The van der Waals surface area contributed by atoms with Crippen molar-refractivity contribution in [3.05, 3.63) is 52.4 Å². The summed E-state index contributed by atoms with van der Waals surface area (Å²) in [6.07, 6.45) is 3.56. The maximum atomic E-state index is 10.1. The summed E-state index contributed by atoms with van der Waals surface area (Å²) in [6.45, 7) is 3.35. The Hall–Kier alpha value is -1.75. The van der Waals surface area contributed by atoms with E-state index in [2.05, 4.69) is 4.98 Å². The van der Waals surface area contributed by atoms with Crippen LogP contribution < -0.4 is 0 Å². The lowest BCUT2D eigenvalue weighted by Crippen LogP contribution is -2.15. The molecule has 0 aliphatic heterocycles. The van der Waals surface area contributed by atoms with Crippen LogP contribution in [0.5, 0.6) is 5.75 Å². The Labute approximate surface area is 137 Å². The number of aromatic nitrogens is 2. The summed E-state index contributed by atoms with van der Waals surface area (Å²) in [5.74, 6) is 0.0491. The summed E-state index contributed by atoms with van der Waals surface area (Å²) in [6, 6.07) is 6.64. The van der Waals surface area contributed by atoms with E-state index in [9.17, 15) is 10.2 Å². The number of nitrogens with zero attached hydrogens (tertiary/aromatic N) is 2. The molecule has 1 aromatic carbocycles. The molecule has 0 fully saturated rings. The number of pyridine rings is 1. The number of benzene rings is 1. The minimum absolute atomic E-state index is 0.0491. The van der Waals surface area contributed by atoms with Crippen LogP contribution in [0.15, 0.2) is 36.7 Å². The smallest absolute Gasteiger partial charge is 0.137 e. The average molecular weight is 337 g/mol. The van der Waals surface area contributed by atoms with Crippen molar-refractivity contribution in [1.82, 2.24) is 9.38 Å². The zero-order chi connectivity index (χ0) is 16.1. The predicted octanol–water partition coefficient (Wildman–Crippen LogP) is 4.24. The van der Waals surface area contributed by atoms with Gasteiger partial charge in [-0.2, -0.15) is 0 Å². The number of hydrogen-bond acceptors (Lipinski definition) is 3. The first kappa shape index (κ1) is 15.2. The van der Waals surface area contributed by atoms with Gasteiger partial charge in [-0.1, -0.05) is 23.2 Å². The van der Waals surface area contributed by atoms with Crippen molar-refractivity contribution >= 4 is 28.8 Å². The Kier molecular flexibility index (Phi) is 3.56. The van der Waals surface area contributed by atoms with Gasteiger partial charge in [-0.15, -0.1) is 0 Å². The number of aromatic hydroxyl groups is 1. The van der Waals surface area contributed by atoms with Gasteiger partial charge >= 0.3 is 0 Å². The maximum absolute atomic E-state index is 10.1. The normalized spacial score (nSPS) is 12.0. The maximum Gasteiger partial charge on any atom is 0.137 e. The molecule has 0 radical (unpaired) electrons. The molecule has 0 spiro atoms. The van der Waals surface area contributed by atoms with Crippen LogP contribution in [0.25, 0.3) is 16.8 Å². The van der Waals surface area contributed by atoms with Gasteiger partial charge in [0.15, 0.2) is 0 Å². The molecule has 2 heterocycles. The number of fused-ring (bicyclic) bond motifs is 1. The molecule has 0 aliphatic rings. The van der Waals surface area contributed by atoms with E-state index in [-0.39, 0.29) is 5.75 Å². The van der Waals surface area contributed by atoms with Crippen molar-refractivity contribution in [3.63, 3.8) is 0 Å². The van der Waals surface area contributed by atoms with Crippen molar-refractivity contribution in [2.75, 3.05) is 0 Å². The lowest BCUT2D eigenvalue weighted by atomic mass is 10.1. The third-order valence-electron chi connectivity index (χ3n) is 3.45. The molecule has 0 bridgehead atoms. The highest BCUT2D eigenvalue weighted by Gasteiger charge is 2.20. The van der Waals surface area contributed by atoms with Gasteiger partial charge < -0.3 is 14.6 Å². The van der Waals surface area contributed by atoms with Gasteiger partial charge in [-0.3, -0.25) is 0 Å². The van der Waals surface area contributed by atoms with E-state index in [0.29, 0.717) is 32.5 Å². The van der Waals surface area contributed by atoms with Crippen molar-refractivity contribution in [2.24, 2.45) is 0 Å². The van der Waals surface area contributed by atoms with Crippen LogP contribution in [0, 0.1) is 0 Å². The molecule has 22 heavy (non-hydrogen) atoms. The van der Waals surface area contributed by atoms with Crippen molar-refractivity contribution in [1.29, 1.82) is 0 Å². The van der Waals surface area contributed by atoms with Crippen molar-refractivity contribution in [3.8, 4) is 16.9 Å². The number of phenols is 1. The number of imidazole rings is 1. The Bertz CT molecular complexity index is 866. The molecule has 0 unspecified atom stereocenters. The molecular formula is C16H14Cl2N2O2. The first-order valence-corrected chi connectivity index (χ1v) is 7.42. The predicted molar refractivity (Wildman–Crippen MR) is 87.6 cm³/mol. The summed E-state index contributed by atoms with van der Waals surface area (Å²) in [5, 5.41) is 20.8. The standard InChI is InChI=1S/C16H14Cl2N2O2/c1-16(2,22)12-8-20-6-5-9(7-13(20)19-12)14-11(21)4-3-10(17)15(14)18/h3-8,21-22H,1-2H3. The van der Waals surface area contributed by atoms with E-state index >= 15 is 0 Å². The van der Waals surface area contributed by atoms with E-state index < -0.39 is 5.60 Å². The summed E-state index contributed by atoms with van der Waals surface area (Å²) in [7, 11) is 0. The van der Waals surface area contributed by atoms with E-state index in [1.807, 2.05) is 0 Å². The third kappa shape index (κ3) is 2.54. The minimum atomic E-state index is -1.03. The Morgan fingerprint density at radius 3 is 2.59 bits per heavy atom. The number of rotatable bonds is 2. The number of aliphatic hydroxyl groups is 1. The van der Waals surface area contributed by atoms with Gasteiger partial charge in [0.1, 0.15) is 17.0 Å².